The van der Waals surface area contributed by atoms with Crippen molar-refractivity contribution in [1.82, 2.24) is 4.90 Å². The van der Waals surface area contributed by atoms with E-state index in [1.807, 2.05) is 25.1 Å². The molecule has 1 aromatic carbocycles. The zero-order valence-electron chi connectivity index (χ0n) is 10.5. The Morgan fingerprint density at radius 3 is 3.06 bits per heavy atom. The van der Waals surface area contributed by atoms with E-state index in [-0.39, 0.29) is 0 Å². The van der Waals surface area contributed by atoms with Crippen LogP contribution in [0.15, 0.2) is 29.2 Å². The summed E-state index contributed by atoms with van der Waals surface area (Å²) < 4.78 is 5.84. The van der Waals surface area contributed by atoms with E-state index >= 15 is 0 Å². The van der Waals surface area contributed by atoms with E-state index in [9.17, 15) is 0 Å². The summed E-state index contributed by atoms with van der Waals surface area (Å²) >= 11 is 6.34. The van der Waals surface area contributed by atoms with E-state index in [0.717, 1.165) is 42.4 Å². The van der Waals surface area contributed by atoms with Gasteiger partial charge >= 0.3 is 0 Å². The number of hydrogen-bond donors (Lipinski definition) is 0. The maximum atomic E-state index is 6.34. The van der Waals surface area contributed by atoms with Crippen LogP contribution in [0.2, 0.25) is 5.02 Å². The van der Waals surface area contributed by atoms with Gasteiger partial charge in [-0.2, -0.15) is 0 Å². The Bertz CT molecular complexity index is 614. The van der Waals surface area contributed by atoms with E-state index in [4.69, 9.17) is 16.0 Å². The Hall–Kier alpha value is -1.25. The molecule has 0 saturated carbocycles. The van der Waals surface area contributed by atoms with Crippen molar-refractivity contribution in [1.29, 1.82) is 0 Å². The summed E-state index contributed by atoms with van der Waals surface area (Å²) in [5.41, 5.74) is 3.47. The fourth-order valence-electron chi connectivity index (χ4n) is 2.77. The fourth-order valence-corrected chi connectivity index (χ4v) is 3.02. The van der Waals surface area contributed by atoms with Gasteiger partial charge in [-0.1, -0.05) is 17.7 Å². The van der Waals surface area contributed by atoms with Gasteiger partial charge in [0.15, 0.2) is 0 Å². The molecule has 0 spiro atoms. The first-order chi connectivity index (χ1) is 8.70. The van der Waals surface area contributed by atoms with Crippen LogP contribution < -0.4 is 0 Å². The third-order valence-corrected chi connectivity index (χ3v) is 4.01. The number of rotatable bonds is 2. The molecule has 0 unspecified atom stereocenters. The number of halogens is 1. The van der Waals surface area contributed by atoms with Gasteiger partial charge in [0, 0.05) is 35.6 Å². The summed E-state index contributed by atoms with van der Waals surface area (Å²) in [6.07, 6.45) is 2.92. The van der Waals surface area contributed by atoms with E-state index in [2.05, 4.69) is 11.5 Å². The molecule has 18 heavy (non-hydrogen) atoms. The molecule has 94 valence electrons. The highest BCUT2D eigenvalue weighted by Crippen LogP contribution is 2.35. The van der Waals surface area contributed by atoms with Gasteiger partial charge in [0.2, 0.25) is 0 Å². The molecule has 3 heteroatoms. The van der Waals surface area contributed by atoms with Crippen LogP contribution >= 0.6 is 11.6 Å². The van der Waals surface area contributed by atoms with Gasteiger partial charge in [-0.3, -0.25) is 4.90 Å². The predicted octanol–water partition coefficient (Wildman–Crippen LogP) is 3.94. The molecule has 0 saturated heterocycles. The fraction of sp³-hybridized carbons (Fsp3) is 0.333. The second-order valence-corrected chi connectivity index (χ2v) is 5.22. The average molecular weight is 262 g/mol. The van der Waals surface area contributed by atoms with Crippen molar-refractivity contribution in [2.75, 3.05) is 13.1 Å². The van der Waals surface area contributed by atoms with Crippen LogP contribution in [0, 0.1) is 6.92 Å². The van der Waals surface area contributed by atoms with Crippen LogP contribution in [0.5, 0.6) is 0 Å². The number of nitrogens with zero attached hydrogens (tertiary/aromatic N) is 1. The third-order valence-electron chi connectivity index (χ3n) is 3.65. The summed E-state index contributed by atoms with van der Waals surface area (Å²) in [5.74, 6) is 1.00. The maximum absolute atomic E-state index is 6.34. The number of furan rings is 1. The molecular weight excluding hydrogens is 246 g/mol. The first-order valence-corrected chi connectivity index (χ1v) is 6.61. The van der Waals surface area contributed by atoms with Gasteiger partial charge in [-0.25, -0.2) is 0 Å². The van der Waals surface area contributed by atoms with Gasteiger partial charge in [0.1, 0.15) is 11.3 Å². The normalized spacial score (nSPS) is 15.9. The smallest absolute Gasteiger partial charge is 0.134 e. The van der Waals surface area contributed by atoms with E-state index in [1.54, 1.807) is 0 Å². The van der Waals surface area contributed by atoms with E-state index < -0.39 is 0 Å². The lowest BCUT2D eigenvalue weighted by Crippen LogP contribution is -2.24. The standard InChI is InChI=1S/C15H16ClNO/c1-3-7-17-8-6-11-13(16)4-5-14-15(11)12(9-17)10(2)18-14/h3-5H,1,6-9H2,2H3. The summed E-state index contributed by atoms with van der Waals surface area (Å²) in [5, 5.41) is 2.08. The molecule has 0 atom stereocenters. The number of benzene rings is 1. The average Bonchev–Trinajstić information content (AvgIpc) is 2.56. The molecule has 2 heterocycles. The van der Waals surface area contributed by atoms with Crippen molar-refractivity contribution in [3.05, 3.63) is 46.7 Å². The number of hydrogen-bond acceptors (Lipinski definition) is 2. The highest BCUT2D eigenvalue weighted by Gasteiger charge is 2.22. The van der Waals surface area contributed by atoms with Crippen LogP contribution in [0.1, 0.15) is 16.9 Å². The summed E-state index contributed by atoms with van der Waals surface area (Å²) in [4.78, 5) is 2.38. The minimum atomic E-state index is 0.852. The molecule has 2 nitrogen and oxygen atoms in total. The van der Waals surface area contributed by atoms with Crippen molar-refractivity contribution in [2.45, 2.75) is 19.9 Å². The summed E-state index contributed by atoms with van der Waals surface area (Å²) in [7, 11) is 0. The highest BCUT2D eigenvalue weighted by atomic mass is 35.5. The largest absolute Gasteiger partial charge is 0.461 e. The first kappa shape index (κ1) is 11.8. The Morgan fingerprint density at radius 2 is 2.28 bits per heavy atom. The molecule has 2 aromatic rings. The van der Waals surface area contributed by atoms with Crippen molar-refractivity contribution >= 4 is 22.6 Å². The molecule has 0 amide bonds. The lowest BCUT2D eigenvalue weighted by atomic mass is 10.0. The second kappa shape index (κ2) is 4.45. The van der Waals surface area contributed by atoms with Crippen molar-refractivity contribution < 1.29 is 4.42 Å². The minimum absolute atomic E-state index is 0.852. The lowest BCUT2D eigenvalue weighted by molar-refractivity contribution is 0.300. The van der Waals surface area contributed by atoms with Crippen LogP contribution in [0.3, 0.4) is 0 Å². The molecule has 0 aliphatic carbocycles. The molecule has 0 fully saturated rings. The topological polar surface area (TPSA) is 16.4 Å². The Morgan fingerprint density at radius 1 is 1.44 bits per heavy atom. The number of aryl methyl sites for hydroxylation is 1. The SMILES string of the molecule is C=CCN1CCc2c(Cl)ccc3oc(C)c(c23)C1. The van der Waals surface area contributed by atoms with Crippen LogP contribution in [-0.2, 0) is 13.0 Å². The Balaban J connectivity index is 2.19. The second-order valence-electron chi connectivity index (χ2n) is 4.81. The van der Waals surface area contributed by atoms with E-state index in [1.165, 1.54) is 16.5 Å². The zero-order chi connectivity index (χ0) is 12.7. The molecular formula is C15H16ClNO. The Labute approximate surface area is 112 Å². The maximum Gasteiger partial charge on any atom is 0.134 e. The zero-order valence-corrected chi connectivity index (χ0v) is 11.3. The van der Waals surface area contributed by atoms with Gasteiger partial charge in [0.05, 0.1) is 0 Å². The lowest BCUT2D eigenvalue weighted by Gasteiger charge is -2.17. The van der Waals surface area contributed by atoms with E-state index in [0.29, 0.717) is 0 Å². The van der Waals surface area contributed by atoms with Gasteiger partial charge in [0.25, 0.3) is 0 Å². The highest BCUT2D eigenvalue weighted by molar-refractivity contribution is 6.32. The van der Waals surface area contributed by atoms with Gasteiger partial charge in [-0.05, 0) is 31.0 Å². The summed E-state index contributed by atoms with van der Waals surface area (Å²) in [6, 6.07) is 3.91. The predicted molar refractivity (Wildman–Crippen MR) is 75.1 cm³/mol. The molecule has 0 radical (unpaired) electrons. The quantitative estimate of drug-likeness (QED) is 0.762. The first-order valence-electron chi connectivity index (χ1n) is 6.23. The summed E-state index contributed by atoms with van der Waals surface area (Å²) in [6.45, 7) is 8.68. The molecule has 1 aliphatic rings. The minimum Gasteiger partial charge on any atom is -0.461 e. The van der Waals surface area contributed by atoms with Crippen LogP contribution in [-0.4, -0.2) is 18.0 Å². The molecule has 1 aromatic heterocycles. The van der Waals surface area contributed by atoms with Gasteiger partial charge in [-0.15, -0.1) is 6.58 Å². The van der Waals surface area contributed by atoms with Crippen molar-refractivity contribution in [2.24, 2.45) is 0 Å². The third kappa shape index (κ3) is 1.76. The monoisotopic (exact) mass is 261 g/mol. The molecule has 3 rings (SSSR count). The van der Waals surface area contributed by atoms with Gasteiger partial charge < -0.3 is 4.42 Å². The molecule has 1 aliphatic heterocycles. The molecule has 0 bridgehead atoms. The van der Waals surface area contributed by atoms with Crippen LogP contribution in [0.25, 0.3) is 11.0 Å². The van der Waals surface area contributed by atoms with Crippen molar-refractivity contribution in [3.63, 3.8) is 0 Å². The Kier molecular flexibility index (Phi) is 2.92. The van der Waals surface area contributed by atoms with Crippen LogP contribution in [0.4, 0.5) is 0 Å². The molecule has 0 N–H and O–H groups in total. The van der Waals surface area contributed by atoms with Crippen molar-refractivity contribution in [3.8, 4) is 0 Å².